The van der Waals surface area contributed by atoms with E-state index >= 15 is 0 Å². The molecule has 4 N–H and O–H groups in total. The van der Waals surface area contributed by atoms with Crippen LogP contribution < -0.4 is 18.9 Å². The van der Waals surface area contributed by atoms with Gasteiger partial charge >= 0.3 is 0 Å². The molecule has 1 aliphatic heterocycles. The average Bonchev–Trinajstić information content (AvgIpc) is 2.27. The first kappa shape index (κ1) is 53.1. The van der Waals surface area contributed by atoms with Crippen LogP contribution in [0.25, 0.3) is 0 Å². The van der Waals surface area contributed by atoms with E-state index in [4.69, 9.17) is 18.9 Å². The van der Waals surface area contributed by atoms with Gasteiger partial charge in [-0.15, -0.1) is 0 Å². The Bertz CT molecular complexity index is 3500. The number of hydrogen-bond acceptors (Lipinski definition) is 8. The highest BCUT2D eigenvalue weighted by Crippen LogP contribution is 2.48. The van der Waals surface area contributed by atoms with Crippen molar-refractivity contribution in [3.05, 3.63) is 334 Å². The summed E-state index contributed by atoms with van der Waals surface area (Å²) in [6.07, 6.45) is 7.15. The maximum atomic E-state index is 6.31. The zero-order valence-corrected chi connectivity index (χ0v) is 47.3. The summed E-state index contributed by atoms with van der Waals surface area (Å²) < 4.78 is 25.2. The second-order valence-corrected chi connectivity index (χ2v) is 22.2. The van der Waals surface area contributed by atoms with Crippen LogP contribution in [0.5, 0.6) is 23.0 Å². The number of nitrogens with zero attached hydrogens (tertiary/aromatic N) is 4. The Morgan fingerprint density at radius 3 is 0.607 bits per heavy atom. The van der Waals surface area contributed by atoms with E-state index < -0.39 is 21.7 Å². The van der Waals surface area contributed by atoms with Crippen molar-refractivity contribution in [3.63, 3.8) is 0 Å². The van der Waals surface area contributed by atoms with E-state index in [9.17, 15) is 0 Å². The number of aromatic nitrogens is 8. The molecule has 0 amide bonds. The predicted octanol–water partition coefficient (Wildman–Crippen LogP) is 14.6. The molecule has 8 bridgehead atoms. The van der Waals surface area contributed by atoms with Crippen molar-refractivity contribution in [1.29, 1.82) is 0 Å². The molecule has 0 saturated heterocycles. The van der Waals surface area contributed by atoms with Crippen LogP contribution in [0.2, 0.25) is 0 Å². The van der Waals surface area contributed by atoms with Gasteiger partial charge in [0.2, 0.25) is 0 Å². The number of fused-ring (bicyclic) bond motifs is 8. The molecule has 0 fully saturated rings. The molecule has 1 aliphatic rings. The Balaban J connectivity index is 0.963. The van der Waals surface area contributed by atoms with Gasteiger partial charge in [-0.3, -0.25) is 19.9 Å². The van der Waals surface area contributed by atoms with E-state index in [0.717, 1.165) is 114 Å². The fourth-order valence-electron chi connectivity index (χ4n) is 11.8. The molecule has 9 heterocycles. The number of ether oxygens (including phenoxy) is 4. The third-order valence-electron chi connectivity index (χ3n) is 17.2. The quantitative estimate of drug-likeness (QED) is 0.0747. The van der Waals surface area contributed by atoms with Gasteiger partial charge in [-0.25, -0.2) is 0 Å². The zero-order valence-electron chi connectivity index (χ0n) is 47.3. The molecule has 0 aliphatic carbocycles. The summed E-state index contributed by atoms with van der Waals surface area (Å²) >= 11 is 0. The van der Waals surface area contributed by atoms with E-state index in [1.54, 1.807) is 24.8 Å². The summed E-state index contributed by atoms with van der Waals surface area (Å²) in [6, 6.07) is 75.2. The molecule has 0 radical (unpaired) electrons. The number of rotatable bonds is 16. The maximum absolute atomic E-state index is 6.31. The minimum Gasteiger partial charge on any atom is -0.487 e. The summed E-state index contributed by atoms with van der Waals surface area (Å²) in [5.74, 6) is 3.01. The lowest BCUT2D eigenvalue weighted by molar-refractivity contribution is 0.301. The van der Waals surface area contributed by atoms with E-state index in [-0.39, 0.29) is 0 Å². The van der Waals surface area contributed by atoms with Gasteiger partial charge in [0.15, 0.2) is 0 Å². The second-order valence-electron chi connectivity index (χ2n) is 22.2. The third kappa shape index (κ3) is 9.99. The first-order chi connectivity index (χ1) is 41.1. The molecule has 13 rings (SSSR count). The Morgan fingerprint density at radius 1 is 0.250 bits per heavy atom. The molecule has 4 aromatic carbocycles. The van der Waals surface area contributed by atoms with Gasteiger partial charge in [0, 0.05) is 70.3 Å². The van der Waals surface area contributed by atoms with Crippen LogP contribution in [0, 0.1) is 0 Å². The molecule has 12 heteroatoms. The van der Waals surface area contributed by atoms with Gasteiger partial charge < -0.3 is 38.9 Å². The molecule has 12 nitrogen and oxygen atoms in total. The number of pyridine rings is 4. The fourth-order valence-corrected chi connectivity index (χ4v) is 11.8. The van der Waals surface area contributed by atoms with E-state index in [0.29, 0.717) is 26.4 Å². The first-order valence-electron chi connectivity index (χ1n) is 28.4. The van der Waals surface area contributed by atoms with Gasteiger partial charge in [-0.1, -0.05) is 72.8 Å². The number of hydrogen-bond donors (Lipinski definition) is 4. The summed E-state index contributed by atoms with van der Waals surface area (Å²) in [4.78, 5) is 34.3. The molecule has 84 heavy (non-hydrogen) atoms. The fraction of sp³-hybridized carbons (Fsp3) is 0.167. The molecular formula is C72H64N8O4. The number of H-pyrrole nitrogens is 4. The molecule has 12 aromatic rings. The molecule has 416 valence electrons. The SMILES string of the molecule is CC1(c2ccc(OCc3ccccn3)cc2)c2ccc([nH]2)C(C)(c2ccc(OCc3ccccn3)cc2)c2ccc([nH]2)C(C)(c2ccc(OCc3ccccn3)cc2)c2ccc([nH]2)C(C)(c2ccc(OCc3ccccn3)cc2)c2ccc1[nH]2. The predicted molar refractivity (Wildman–Crippen MR) is 325 cm³/mol. The standard InChI is InChI=1S/C72H64N8O4/c1-69(49-17-25-57(26-18-49)81-45-53-13-5-9-41-73-53)61-33-35-63(77-61)70(2,50-19-27-58(28-20-50)82-46-54-14-6-10-42-74-54)65-37-39-67(79-65)72(4,52-23-31-60(32-24-52)84-48-56-16-8-12-44-76-56)68-40-38-66(80-68)71(3,64-36-34-62(69)78-64)51-21-29-59(30-22-51)83-47-55-15-7-11-43-75-55/h5-44,77-80H,45-48H2,1-4H3. The second kappa shape index (κ2) is 22.3. The smallest absolute Gasteiger partial charge is 0.130 e. The highest BCUT2D eigenvalue weighted by molar-refractivity contribution is 5.57. The molecular weight excluding hydrogens is 1040 g/mol. The lowest BCUT2D eigenvalue weighted by Gasteiger charge is -2.34. The number of aromatic amines is 4. The molecule has 0 spiro atoms. The summed E-state index contributed by atoms with van der Waals surface area (Å²) in [7, 11) is 0. The topological polar surface area (TPSA) is 152 Å². The molecule has 0 atom stereocenters. The molecule has 8 aromatic heterocycles. The summed E-state index contributed by atoms with van der Waals surface area (Å²) in [5, 5.41) is 0. The molecule has 0 unspecified atom stereocenters. The van der Waals surface area contributed by atoms with Gasteiger partial charge in [0.05, 0.1) is 44.4 Å². The Kier molecular flexibility index (Phi) is 14.1. The van der Waals surface area contributed by atoms with E-state index in [1.165, 1.54) is 0 Å². The third-order valence-corrected chi connectivity index (χ3v) is 17.2. The minimum atomic E-state index is -0.741. The normalized spacial score (nSPS) is 19.1. The van der Waals surface area contributed by atoms with E-state index in [2.05, 4.69) is 213 Å². The largest absolute Gasteiger partial charge is 0.487 e. The number of nitrogens with one attached hydrogen (secondary N) is 4. The van der Waals surface area contributed by atoms with Crippen molar-refractivity contribution in [3.8, 4) is 23.0 Å². The van der Waals surface area contributed by atoms with Crippen LogP contribution in [0.15, 0.2) is 243 Å². The zero-order chi connectivity index (χ0) is 57.1. The summed E-state index contributed by atoms with van der Waals surface area (Å²) in [5.41, 5.74) is 12.8. The van der Waals surface area contributed by atoms with Gasteiger partial charge in [-0.2, -0.15) is 0 Å². The van der Waals surface area contributed by atoms with Crippen molar-refractivity contribution in [2.24, 2.45) is 0 Å². The van der Waals surface area contributed by atoms with Crippen molar-refractivity contribution in [2.45, 2.75) is 75.8 Å². The van der Waals surface area contributed by atoms with Gasteiger partial charge in [0.25, 0.3) is 0 Å². The van der Waals surface area contributed by atoms with Gasteiger partial charge in [-0.05, 0) is 196 Å². The number of benzene rings is 4. The van der Waals surface area contributed by atoms with Crippen LogP contribution in [0.1, 0.15) is 118 Å². The van der Waals surface area contributed by atoms with Crippen molar-refractivity contribution >= 4 is 0 Å². The monoisotopic (exact) mass is 1100 g/mol. The highest BCUT2D eigenvalue weighted by atomic mass is 16.5. The minimum absolute atomic E-state index is 0.359. The van der Waals surface area contributed by atoms with Crippen molar-refractivity contribution in [2.75, 3.05) is 0 Å². The highest BCUT2D eigenvalue weighted by Gasteiger charge is 2.44. The Morgan fingerprint density at radius 2 is 0.440 bits per heavy atom. The van der Waals surface area contributed by atoms with Gasteiger partial charge in [0.1, 0.15) is 49.4 Å². The van der Waals surface area contributed by atoms with Crippen LogP contribution in [-0.4, -0.2) is 39.9 Å². The Labute approximate surface area is 489 Å². The molecule has 0 saturated carbocycles. The van der Waals surface area contributed by atoms with Crippen LogP contribution in [-0.2, 0) is 48.1 Å². The van der Waals surface area contributed by atoms with Crippen molar-refractivity contribution < 1.29 is 18.9 Å². The Hall–Kier alpha value is -10.2. The lowest BCUT2D eigenvalue weighted by atomic mass is 9.76. The van der Waals surface area contributed by atoms with Crippen LogP contribution >= 0.6 is 0 Å². The van der Waals surface area contributed by atoms with Crippen LogP contribution in [0.3, 0.4) is 0 Å². The first-order valence-corrected chi connectivity index (χ1v) is 28.4. The van der Waals surface area contributed by atoms with E-state index in [1.807, 2.05) is 72.8 Å². The lowest BCUT2D eigenvalue weighted by Crippen LogP contribution is -2.32. The van der Waals surface area contributed by atoms with Crippen LogP contribution in [0.4, 0.5) is 0 Å². The summed E-state index contributed by atoms with van der Waals surface area (Å²) in [6.45, 7) is 10.6. The maximum Gasteiger partial charge on any atom is 0.130 e. The van der Waals surface area contributed by atoms with Crippen molar-refractivity contribution in [1.82, 2.24) is 39.9 Å². The average molecular weight is 1110 g/mol.